The third-order valence-corrected chi connectivity index (χ3v) is 11.3. The first kappa shape index (κ1) is 25.7. The molecule has 4 N–H and O–H groups in total. The standard InChI is InChI=1S/C23H24ClFN6O4S/c1-22(2)20(30-21(33)34)31-23(3,16-8-9-27-36(16,22)35)18-15(25)6-7-17(28-18)29-19(32)13-5-4-12(11-26)10-14(13)24/h4-7,10,16,36H,8-9H2,1-3H3,(H,27,35)(H,30,31)(H,33,34)(H,28,29,32)/t16-,23-/m0/s1. The van der Waals surface area contributed by atoms with Crippen LogP contribution in [0.3, 0.4) is 0 Å². The summed E-state index contributed by atoms with van der Waals surface area (Å²) in [6.45, 7) is 5.21. The van der Waals surface area contributed by atoms with Crippen LogP contribution < -0.4 is 15.4 Å². The van der Waals surface area contributed by atoms with Gasteiger partial charge in [0.05, 0.1) is 32.2 Å². The number of halogens is 2. The lowest BCUT2D eigenvalue weighted by atomic mass is 9.89. The molecule has 190 valence electrons. The van der Waals surface area contributed by atoms with E-state index in [2.05, 4.69) is 25.3 Å². The van der Waals surface area contributed by atoms with Crippen molar-refractivity contribution in [3.8, 4) is 6.07 Å². The molecule has 1 aromatic carbocycles. The lowest BCUT2D eigenvalue weighted by Crippen LogP contribution is -2.66. The SMILES string of the molecule is CC1(C)C(NC(=O)O)=N[C@](C)(c2nc(NC(=O)c3ccc(C#N)cc3Cl)ccc2F)[C@@H]2CCN[SH]21=O. The Hall–Kier alpha value is -3.40. The number of nitrogens with one attached hydrogen (secondary N) is 3. The second kappa shape index (κ2) is 8.92. The van der Waals surface area contributed by atoms with Crippen molar-refractivity contribution in [1.29, 1.82) is 5.26 Å². The first-order chi connectivity index (χ1) is 16.8. The van der Waals surface area contributed by atoms with E-state index in [0.29, 0.717) is 13.0 Å². The normalized spacial score (nSPS) is 24.6. The number of carboxylic acid groups (broad SMARTS) is 1. The maximum atomic E-state index is 15.2. The lowest BCUT2D eigenvalue weighted by Gasteiger charge is -2.50. The molecule has 36 heavy (non-hydrogen) atoms. The van der Waals surface area contributed by atoms with Crippen LogP contribution >= 0.6 is 11.6 Å². The molecule has 0 unspecified atom stereocenters. The van der Waals surface area contributed by atoms with Gasteiger partial charge in [0.1, 0.15) is 28.7 Å². The summed E-state index contributed by atoms with van der Waals surface area (Å²) in [5.74, 6) is -1.45. The van der Waals surface area contributed by atoms with E-state index in [1.54, 1.807) is 20.8 Å². The van der Waals surface area contributed by atoms with Gasteiger partial charge in [0.2, 0.25) is 0 Å². The first-order valence-electron chi connectivity index (χ1n) is 11.0. The number of rotatable bonds is 3. The summed E-state index contributed by atoms with van der Waals surface area (Å²) in [6.07, 6.45) is -0.984. The summed E-state index contributed by atoms with van der Waals surface area (Å²) in [7, 11) is -3.35. The molecule has 2 atom stereocenters. The molecular weight excluding hydrogens is 511 g/mol. The van der Waals surface area contributed by atoms with Crippen LogP contribution in [-0.4, -0.2) is 48.7 Å². The van der Waals surface area contributed by atoms with Gasteiger partial charge in [-0.05, 0) is 67.6 Å². The van der Waals surface area contributed by atoms with Crippen LogP contribution in [0.25, 0.3) is 0 Å². The number of fused-ring (bicyclic) bond motifs is 1. The van der Waals surface area contributed by atoms with Gasteiger partial charge in [-0.3, -0.25) is 24.0 Å². The topological polar surface area (TPSA) is 157 Å². The zero-order valence-corrected chi connectivity index (χ0v) is 21.2. The zero-order chi connectivity index (χ0) is 26.5. The van der Waals surface area contributed by atoms with E-state index in [1.807, 2.05) is 6.07 Å². The second-order valence-corrected chi connectivity index (χ2v) is 13.0. The number of carbonyl (C=O) groups is 2. The molecule has 0 aliphatic carbocycles. The molecule has 4 rings (SSSR count). The minimum atomic E-state index is -3.35. The number of carbonyl (C=O) groups excluding carboxylic acids is 1. The highest BCUT2D eigenvalue weighted by molar-refractivity contribution is 8.04. The Morgan fingerprint density at radius 2 is 2.00 bits per heavy atom. The van der Waals surface area contributed by atoms with Crippen LogP contribution in [0.5, 0.6) is 0 Å². The fraction of sp³-hybridized carbons (Fsp3) is 0.348. The summed E-state index contributed by atoms with van der Waals surface area (Å²) >= 11 is 6.13. The van der Waals surface area contributed by atoms with Crippen molar-refractivity contribution in [2.24, 2.45) is 4.99 Å². The van der Waals surface area contributed by atoms with Crippen LogP contribution in [0, 0.1) is 17.1 Å². The van der Waals surface area contributed by atoms with Gasteiger partial charge in [0, 0.05) is 6.54 Å². The summed E-state index contributed by atoms with van der Waals surface area (Å²) in [6, 6.07) is 8.47. The summed E-state index contributed by atoms with van der Waals surface area (Å²) in [4.78, 5) is 33.2. The van der Waals surface area contributed by atoms with Gasteiger partial charge in [-0.25, -0.2) is 14.2 Å². The summed E-state index contributed by atoms with van der Waals surface area (Å²) < 4.78 is 31.3. The Morgan fingerprint density at radius 3 is 2.64 bits per heavy atom. The number of nitriles is 1. The molecular formula is C23H24ClFN6O4S. The average Bonchev–Trinajstić information content (AvgIpc) is 3.23. The third-order valence-electron chi connectivity index (χ3n) is 6.74. The molecule has 2 aliphatic heterocycles. The molecule has 0 saturated carbocycles. The van der Waals surface area contributed by atoms with Gasteiger partial charge in [0.25, 0.3) is 5.91 Å². The number of amidine groups is 1. The molecule has 0 bridgehead atoms. The van der Waals surface area contributed by atoms with E-state index in [1.165, 1.54) is 24.3 Å². The van der Waals surface area contributed by atoms with Gasteiger partial charge >= 0.3 is 6.09 Å². The van der Waals surface area contributed by atoms with Crippen LogP contribution in [0.4, 0.5) is 15.0 Å². The third kappa shape index (κ3) is 4.03. The smallest absolute Gasteiger partial charge is 0.410 e. The highest BCUT2D eigenvalue weighted by Crippen LogP contribution is 2.48. The van der Waals surface area contributed by atoms with Crippen LogP contribution in [-0.2, 0) is 15.7 Å². The van der Waals surface area contributed by atoms with Crippen molar-refractivity contribution in [3.05, 3.63) is 58.0 Å². The minimum absolute atomic E-state index is 0.00776. The predicted molar refractivity (Wildman–Crippen MR) is 134 cm³/mol. The van der Waals surface area contributed by atoms with Crippen molar-refractivity contribution in [3.63, 3.8) is 0 Å². The molecule has 0 spiro atoms. The Labute approximate surface area is 212 Å². The van der Waals surface area contributed by atoms with Crippen LogP contribution in [0.2, 0.25) is 5.02 Å². The average molecular weight is 535 g/mol. The van der Waals surface area contributed by atoms with Crippen molar-refractivity contribution in [1.82, 2.24) is 15.0 Å². The second-order valence-electron chi connectivity index (χ2n) is 9.26. The van der Waals surface area contributed by atoms with E-state index in [9.17, 15) is 18.9 Å². The molecule has 13 heteroatoms. The van der Waals surface area contributed by atoms with Crippen molar-refractivity contribution >= 4 is 45.4 Å². The van der Waals surface area contributed by atoms with Crippen LogP contribution in [0.1, 0.15) is 48.8 Å². The Kier molecular flexibility index (Phi) is 6.36. The number of amides is 2. The minimum Gasteiger partial charge on any atom is -0.465 e. The first-order valence-corrected chi connectivity index (χ1v) is 13.1. The number of hydrogen-bond acceptors (Lipinski definition) is 6. The largest absolute Gasteiger partial charge is 0.465 e. The van der Waals surface area contributed by atoms with Gasteiger partial charge in [-0.15, -0.1) is 0 Å². The number of hydrogen-bond donors (Lipinski definition) is 5. The van der Waals surface area contributed by atoms with E-state index in [-0.39, 0.29) is 33.5 Å². The Bertz CT molecular complexity index is 1410. The number of benzene rings is 1. The van der Waals surface area contributed by atoms with Gasteiger partial charge < -0.3 is 10.4 Å². The maximum absolute atomic E-state index is 15.2. The number of pyridine rings is 1. The number of anilines is 1. The lowest BCUT2D eigenvalue weighted by molar-refractivity contribution is 0.102. The van der Waals surface area contributed by atoms with Gasteiger partial charge in [-0.1, -0.05) is 11.6 Å². The Morgan fingerprint density at radius 1 is 1.28 bits per heavy atom. The van der Waals surface area contributed by atoms with Crippen molar-refractivity contribution < 1.29 is 23.3 Å². The monoisotopic (exact) mass is 534 g/mol. The van der Waals surface area contributed by atoms with Gasteiger partial charge in [0.15, 0.2) is 0 Å². The molecule has 2 amide bonds. The molecule has 2 aliphatic rings. The molecule has 1 fully saturated rings. The van der Waals surface area contributed by atoms with E-state index in [4.69, 9.17) is 16.9 Å². The van der Waals surface area contributed by atoms with Gasteiger partial charge in [-0.2, -0.15) is 5.26 Å². The number of aliphatic imine (C=N–C) groups is 1. The molecule has 1 aromatic heterocycles. The summed E-state index contributed by atoms with van der Waals surface area (Å²) in [5, 5.41) is 22.5. The van der Waals surface area contributed by atoms with E-state index < -0.39 is 43.5 Å². The zero-order valence-electron chi connectivity index (χ0n) is 19.6. The Balaban J connectivity index is 1.78. The number of aromatic nitrogens is 1. The highest BCUT2D eigenvalue weighted by Gasteiger charge is 2.59. The molecule has 0 radical (unpaired) electrons. The summed E-state index contributed by atoms with van der Waals surface area (Å²) in [5.41, 5.74) is -1.31. The molecule has 2 aromatic rings. The highest BCUT2D eigenvalue weighted by atomic mass is 35.5. The van der Waals surface area contributed by atoms with Crippen molar-refractivity contribution in [2.75, 3.05) is 11.9 Å². The predicted octanol–water partition coefficient (Wildman–Crippen LogP) is 2.97. The fourth-order valence-corrected chi connectivity index (χ4v) is 8.72. The van der Waals surface area contributed by atoms with Crippen molar-refractivity contribution in [2.45, 2.75) is 42.7 Å². The van der Waals surface area contributed by atoms with Crippen LogP contribution in [0.15, 0.2) is 35.3 Å². The van der Waals surface area contributed by atoms with E-state index >= 15 is 4.39 Å². The number of nitrogens with zero attached hydrogens (tertiary/aromatic N) is 3. The molecule has 1 saturated heterocycles. The fourth-order valence-electron chi connectivity index (χ4n) is 4.79. The molecule has 10 nitrogen and oxygen atoms in total. The number of thiol groups is 1. The quantitative estimate of drug-likeness (QED) is 0.381. The van der Waals surface area contributed by atoms with E-state index in [0.717, 1.165) is 6.07 Å². The maximum Gasteiger partial charge on any atom is 0.410 e. The molecule has 3 heterocycles.